The van der Waals surface area contributed by atoms with Crippen LogP contribution in [-0.2, 0) is 654 Å². The maximum Gasteiger partial charge on any atom is 0 e. The fourth-order valence-electron chi connectivity index (χ4n) is 0. The second kappa shape index (κ2) is 477. The maximum atomic E-state index is 0. The van der Waals surface area contributed by atoms with E-state index >= 15 is 0 Å². The molecule has 0 aromatic heterocycles. The topological polar surface area (TPSA) is 0 Å². The monoisotopic (exact) mass is 2300 g/mol. The minimum Gasteiger partial charge on any atom is 0 e. The summed E-state index contributed by atoms with van der Waals surface area (Å²) in [5.74, 6) is 0. The molecule has 0 rings (SSSR count). The minimum atomic E-state index is 0. The number of rotatable bonds is 0. The average Bonchev–Trinajstić information content (AvgIpc) is 0. The van der Waals surface area contributed by atoms with E-state index in [4.69, 9.17) is 0 Å². The van der Waals surface area contributed by atoms with Crippen molar-refractivity contribution in [3.8, 4) is 0 Å². The van der Waals surface area contributed by atoms with Gasteiger partial charge in [0.05, 0.1) is 0 Å². The van der Waals surface area contributed by atoms with E-state index in [1.165, 1.54) is 0 Å². The molecule has 39 radical (unpaired) electrons. The quantitative estimate of drug-likeness (QED) is 0.319. The average molecular weight is 2300 g/mol. The molecule has 0 saturated carbocycles. The summed E-state index contributed by atoms with van der Waals surface area (Å²) < 4.78 is 0. The van der Waals surface area contributed by atoms with Crippen molar-refractivity contribution in [3.05, 3.63) is 0 Å². The van der Waals surface area contributed by atoms with Gasteiger partial charge < -0.3 is 0 Å². The smallest absolute Gasteiger partial charge is 0 e. The van der Waals surface area contributed by atoms with E-state index in [1.807, 2.05) is 0 Å². The summed E-state index contributed by atoms with van der Waals surface area (Å²) in [7, 11) is 0. The molecular formula is Co39. The van der Waals surface area contributed by atoms with E-state index in [2.05, 4.69) is 0 Å². The Morgan fingerprint density at radius 2 is 0.0256 bits per heavy atom. The molecule has 351 valence electrons. The van der Waals surface area contributed by atoms with Crippen molar-refractivity contribution >= 4 is 0 Å². The van der Waals surface area contributed by atoms with Crippen molar-refractivity contribution in [2.75, 3.05) is 0 Å². The van der Waals surface area contributed by atoms with Crippen molar-refractivity contribution in [1.82, 2.24) is 0 Å². The normalized spacial score (nSPS) is 0. The molecule has 0 bridgehead atoms. The molecule has 0 N–H and O–H groups in total. The first kappa shape index (κ1) is 502. The molecule has 39 heavy (non-hydrogen) atoms. The van der Waals surface area contributed by atoms with E-state index in [0.29, 0.717) is 0 Å². The Morgan fingerprint density at radius 3 is 0.0256 bits per heavy atom. The molecule has 0 nitrogen and oxygen atoms in total. The van der Waals surface area contributed by atoms with Crippen molar-refractivity contribution in [2.45, 2.75) is 0 Å². The molecule has 0 aliphatic carbocycles. The third-order valence-corrected chi connectivity index (χ3v) is 0. The minimum absolute atomic E-state index is 0. The molecule has 0 aliphatic heterocycles. The molecule has 0 spiro atoms. The first-order chi connectivity index (χ1) is 0. The first-order valence-corrected chi connectivity index (χ1v) is 0. The van der Waals surface area contributed by atoms with E-state index in [0.717, 1.165) is 0 Å². The molecule has 0 fully saturated rings. The number of hydrogen-bond acceptors (Lipinski definition) is 0. The molecule has 0 aliphatic rings. The zero-order valence-corrected chi connectivity index (χ0v) is 53.6. The van der Waals surface area contributed by atoms with Gasteiger partial charge in [-0.05, 0) is 0 Å². The van der Waals surface area contributed by atoms with Gasteiger partial charge in [-0.1, -0.05) is 0 Å². The second-order valence-electron chi connectivity index (χ2n) is 0. The van der Waals surface area contributed by atoms with Gasteiger partial charge in [-0.2, -0.15) is 0 Å². The van der Waals surface area contributed by atoms with Gasteiger partial charge in [-0.3, -0.25) is 0 Å². The Hall–Kier alpha value is 19.8. The van der Waals surface area contributed by atoms with Crippen LogP contribution in [0.5, 0.6) is 0 Å². The zero-order valence-electron chi connectivity index (χ0n) is 13.0. The van der Waals surface area contributed by atoms with Gasteiger partial charge in [-0.15, -0.1) is 0 Å². The molecule has 39 heteroatoms. The van der Waals surface area contributed by atoms with Crippen molar-refractivity contribution < 1.29 is 654 Å². The Morgan fingerprint density at radius 1 is 0.0256 bits per heavy atom. The van der Waals surface area contributed by atoms with E-state index in [1.54, 1.807) is 0 Å². The largest absolute Gasteiger partial charge is 0 e. The van der Waals surface area contributed by atoms with Crippen LogP contribution in [0, 0.1) is 0 Å². The zero-order chi connectivity index (χ0) is 0. The fourth-order valence-corrected chi connectivity index (χ4v) is 0. The molecular weight excluding hydrogens is 2300 g/mol. The third kappa shape index (κ3) is 460. The van der Waals surface area contributed by atoms with Crippen molar-refractivity contribution in [1.29, 1.82) is 0 Å². The van der Waals surface area contributed by atoms with Gasteiger partial charge in [0.15, 0.2) is 0 Å². The SMILES string of the molecule is [Co].[Co].[Co].[Co].[Co].[Co].[Co].[Co].[Co].[Co].[Co].[Co].[Co].[Co].[Co].[Co].[Co].[Co].[Co].[Co].[Co].[Co].[Co].[Co].[Co].[Co].[Co].[Co].[Co].[Co].[Co].[Co].[Co].[Co].[Co].[Co].[Co].[Co].[Co]. The van der Waals surface area contributed by atoms with Gasteiger partial charge in [0.2, 0.25) is 0 Å². The predicted octanol–water partition coefficient (Wildman–Crippen LogP) is -0.0975. The molecule has 0 saturated heterocycles. The summed E-state index contributed by atoms with van der Waals surface area (Å²) in [4.78, 5) is 0. The molecule has 0 unspecified atom stereocenters. The Kier molecular flexibility index (Phi) is 6140. The fraction of sp³-hybridized carbons (Fsp3) is 0. The summed E-state index contributed by atoms with van der Waals surface area (Å²) in [5.41, 5.74) is 0. The van der Waals surface area contributed by atoms with Gasteiger partial charge in [0.1, 0.15) is 0 Å². The van der Waals surface area contributed by atoms with Crippen LogP contribution in [0.1, 0.15) is 0 Å². The standard InChI is InChI=1S/39Co. The van der Waals surface area contributed by atoms with Crippen LogP contribution in [-0.4, -0.2) is 0 Å². The molecule has 0 aromatic carbocycles. The van der Waals surface area contributed by atoms with Crippen LogP contribution in [0.4, 0.5) is 0 Å². The van der Waals surface area contributed by atoms with Gasteiger partial charge >= 0.3 is 0 Å². The molecule has 0 amide bonds. The van der Waals surface area contributed by atoms with Crippen molar-refractivity contribution in [2.24, 2.45) is 0 Å². The molecule has 0 aromatic rings. The maximum absolute atomic E-state index is 0. The predicted molar refractivity (Wildman–Crippen MR) is 0 cm³/mol. The van der Waals surface area contributed by atoms with E-state index in [-0.39, 0.29) is 654 Å². The van der Waals surface area contributed by atoms with Crippen LogP contribution < -0.4 is 0 Å². The summed E-state index contributed by atoms with van der Waals surface area (Å²) in [5, 5.41) is 0. The van der Waals surface area contributed by atoms with Crippen LogP contribution >= 0.6 is 0 Å². The summed E-state index contributed by atoms with van der Waals surface area (Å²) >= 11 is 0. The Labute approximate surface area is 638 Å². The van der Waals surface area contributed by atoms with Gasteiger partial charge in [0, 0.05) is 654 Å². The molecule has 0 atom stereocenters. The third-order valence-electron chi connectivity index (χ3n) is 0. The Bertz CT molecular complexity index is 0. The van der Waals surface area contributed by atoms with E-state index < -0.39 is 0 Å². The second-order valence-corrected chi connectivity index (χ2v) is 0. The first-order valence-electron chi connectivity index (χ1n) is 0. The van der Waals surface area contributed by atoms with Crippen LogP contribution in [0.3, 0.4) is 0 Å². The summed E-state index contributed by atoms with van der Waals surface area (Å²) in [6.07, 6.45) is 0. The van der Waals surface area contributed by atoms with Crippen LogP contribution in [0.25, 0.3) is 0 Å². The van der Waals surface area contributed by atoms with Gasteiger partial charge in [-0.25, -0.2) is 0 Å². The van der Waals surface area contributed by atoms with Crippen LogP contribution in [0.15, 0.2) is 0 Å². The van der Waals surface area contributed by atoms with E-state index in [9.17, 15) is 0 Å². The number of hydrogen-bond donors (Lipinski definition) is 0. The van der Waals surface area contributed by atoms with Gasteiger partial charge in [0.25, 0.3) is 0 Å². The van der Waals surface area contributed by atoms with Crippen LogP contribution in [0.2, 0.25) is 0 Å². The Balaban J connectivity index is 0. The van der Waals surface area contributed by atoms with Crippen molar-refractivity contribution in [3.63, 3.8) is 0 Å². The summed E-state index contributed by atoms with van der Waals surface area (Å²) in [6, 6.07) is 0. The molecule has 0 heterocycles. The summed E-state index contributed by atoms with van der Waals surface area (Å²) in [6.45, 7) is 0.